The number of rotatable bonds is 9. The molecule has 0 spiro atoms. The van der Waals surface area contributed by atoms with E-state index in [0.717, 1.165) is 45.1 Å². The fourth-order valence-corrected chi connectivity index (χ4v) is 13.5. The first-order valence-corrected chi connectivity index (χ1v) is 25.3. The number of allylic oxidation sites excluding steroid dienone is 3. The topological polar surface area (TPSA) is 35.2 Å². The van der Waals surface area contributed by atoms with Crippen molar-refractivity contribution < 1.29 is 0 Å². The summed E-state index contributed by atoms with van der Waals surface area (Å²) in [5.74, 6) is 0.593. The van der Waals surface area contributed by atoms with Crippen molar-refractivity contribution in [1.29, 1.82) is 5.26 Å². The molecule has 9 aromatic rings. The second kappa shape index (κ2) is 16.9. The fraction of sp³-hybridized carbons (Fsp3) is 0.145. The quantitative estimate of drug-likeness (QED) is 0.106. The van der Waals surface area contributed by atoms with E-state index < -0.39 is 5.54 Å². The van der Waals surface area contributed by atoms with Crippen molar-refractivity contribution in [3.63, 3.8) is 0 Å². The summed E-state index contributed by atoms with van der Waals surface area (Å²) in [5.41, 5.74) is 13.9. The molecule has 0 bridgehead atoms. The van der Waals surface area contributed by atoms with Crippen LogP contribution in [0.25, 0.3) is 32.9 Å². The first kappa shape index (κ1) is 42.2. The van der Waals surface area contributed by atoms with Gasteiger partial charge in [0.1, 0.15) is 6.07 Å². The summed E-state index contributed by atoms with van der Waals surface area (Å²) in [6.07, 6.45) is 2.97. The number of hydrogen-bond acceptors (Lipinski definition) is 5. The molecule has 4 nitrogen and oxygen atoms in total. The Morgan fingerprint density at radius 2 is 0.971 bits per heavy atom. The van der Waals surface area contributed by atoms with Crippen molar-refractivity contribution in [2.24, 2.45) is 11.8 Å². The molecule has 1 aromatic heterocycles. The average molecular weight is 915 g/mol. The SMILES string of the molecule is CC(C/C(=C(C#N)\C(=C\N1c2ccccc2Sc2ccccc21)C(C)(C)n1c2ccccc2c2ccccc21)N1c2ccccc2Sc2ccccc21)C(C)C1c2ccccc2-c2ccccc21. The molecule has 12 rings (SSSR count). The van der Waals surface area contributed by atoms with Gasteiger partial charge in [-0.1, -0.05) is 171 Å². The maximum Gasteiger partial charge on any atom is 0.101 e. The third-order valence-electron chi connectivity index (χ3n) is 14.7. The molecule has 3 aliphatic rings. The molecule has 0 fully saturated rings. The minimum atomic E-state index is -0.769. The minimum absolute atomic E-state index is 0.150. The number of nitrogens with zero attached hydrogens (tertiary/aromatic N) is 4. The second-order valence-corrected chi connectivity index (χ2v) is 21.0. The van der Waals surface area contributed by atoms with Crippen LogP contribution >= 0.6 is 23.5 Å². The van der Waals surface area contributed by atoms with E-state index in [4.69, 9.17) is 0 Å². The molecule has 0 radical (unpaired) electrons. The molecule has 2 aliphatic heterocycles. The van der Waals surface area contributed by atoms with Crippen LogP contribution < -0.4 is 9.80 Å². The van der Waals surface area contributed by atoms with Gasteiger partial charge in [0.05, 0.1) is 33.9 Å². The maximum absolute atomic E-state index is 12.4. The molecule has 6 heteroatoms. The van der Waals surface area contributed by atoms with Crippen LogP contribution in [0.2, 0.25) is 0 Å². The smallest absolute Gasteiger partial charge is 0.101 e. The van der Waals surface area contributed by atoms with Crippen LogP contribution in [0.15, 0.2) is 237 Å². The van der Waals surface area contributed by atoms with E-state index in [2.05, 4.69) is 248 Å². The van der Waals surface area contributed by atoms with Crippen LogP contribution in [0.1, 0.15) is 51.2 Å². The van der Waals surface area contributed by atoms with Crippen LogP contribution in [0, 0.1) is 23.2 Å². The van der Waals surface area contributed by atoms with Crippen molar-refractivity contribution in [2.45, 2.75) is 65.2 Å². The molecule has 1 aliphatic carbocycles. The minimum Gasteiger partial charge on any atom is -0.331 e. The Morgan fingerprint density at radius 3 is 1.47 bits per heavy atom. The van der Waals surface area contributed by atoms with Gasteiger partial charge in [0.15, 0.2) is 0 Å². The molecule has 0 saturated heterocycles. The first-order valence-electron chi connectivity index (χ1n) is 23.7. The molecule has 0 N–H and O–H groups in total. The van der Waals surface area contributed by atoms with Gasteiger partial charge in [0.25, 0.3) is 0 Å². The zero-order valence-corrected chi connectivity index (χ0v) is 40.2. The van der Waals surface area contributed by atoms with Crippen LogP contribution in [-0.4, -0.2) is 4.57 Å². The van der Waals surface area contributed by atoms with Crippen molar-refractivity contribution in [3.8, 4) is 17.2 Å². The van der Waals surface area contributed by atoms with Gasteiger partial charge in [0.2, 0.25) is 0 Å². The molecule has 8 aromatic carbocycles. The lowest BCUT2D eigenvalue weighted by molar-refractivity contribution is 0.350. The Morgan fingerprint density at radius 1 is 0.559 bits per heavy atom. The van der Waals surface area contributed by atoms with Crippen molar-refractivity contribution in [3.05, 3.63) is 228 Å². The van der Waals surface area contributed by atoms with Crippen molar-refractivity contribution >= 4 is 68.1 Å². The van der Waals surface area contributed by atoms with Gasteiger partial charge in [-0.3, -0.25) is 0 Å². The highest BCUT2D eigenvalue weighted by atomic mass is 32.2. The van der Waals surface area contributed by atoms with E-state index in [1.807, 2.05) is 0 Å². The molecule has 330 valence electrons. The van der Waals surface area contributed by atoms with Crippen LogP contribution in [0.4, 0.5) is 22.7 Å². The Bertz CT molecular complexity index is 3380. The second-order valence-electron chi connectivity index (χ2n) is 18.9. The number of para-hydroxylation sites is 6. The van der Waals surface area contributed by atoms with Gasteiger partial charge in [-0.2, -0.15) is 5.26 Å². The number of fused-ring (bicyclic) bond motifs is 10. The summed E-state index contributed by atoms with van der Waals surface area (Å²) in [7, 11) is 0. The third-order valence-corrected chi connectivity index (χ3v) is 17.0. The molecule has 3 heterocycles. The molecule has 68 heavy (non-hydrogen) atoms. The lowest BCUT2D eigenvalue weighted by atomic mass is 9.76. The van der Waals surface area contributed by atoms with Crippen LogP contribution in [0.3, 0.4) is 0 Å². The molecular weight excluding hydrogens is 865 g/mol. The zero-order valence-electron chi connectivity index (χ0n) is 38.6. The molecule has 2 atom stereocenters. The molecule has 0 amide bonds. The zero-order chi connectivity index (χ0) is 46.1. The maximum atomic E-state index is 12.4. The highest BCUT2D eigenvalue weighted by molar-refractivity contribution is 8.00. The third kappa shape index (κ3) is 6.74. The van der Waals surface area contributed by atoms with E-state index in [0.29, 0.717) is 12.0 Å². The van der Waals surface area contributed by atoms with E-state index >= 15 is 0 Å². The van der Waals surface area contributed by atoms with Gasteiger partial charge in [-0.25, -0.2) is 0 Å². The summed E-state index contributed by atoms with van der Waals surface area (Å²) in [4.78, 5) is 9.49. The van der Waals surface area contributed by atoms with Gasteiger partial charge >= 0.3 is 0 Å². The Kier molecular flexibility index (Phi) is 10.5. The normalized spacial score (nSPS) is 15.4. The summed E-state index contributed by atoms with van der Waals surface area (Å²) in [6, 6.07) is 73.3. The predicted octanol–water partition coefficient (Wildman–Crippen LogP) is 17.3. The summed E-state index contributed by atoms with van der Waals surface area (Å²) >= 11 is 3.60. The standard InChI is InChI=1S/C62H50N4S2/c1-40(41(2)61-46-25-7-5-21-42(46)43-22-6-8-26-47(43)61)37-56(65-54-31-15-19-35-59(54)68-60-36-20-16-32-55(60)65)48(38-63)49(39-64-52-29-13-17-33-57(52)67-58-34-18-14-30-53(58)64)62(3,4)66-50-27-11-9-23-44(50)45-24-10-12-28-51(45)66/h5-36,39-41,61H,37H2,1-4H3/b49-39-,56-48+. The van der Waals surface area contributed by atoms with Gasteiger partial charge < -0.3 is 14.4 Å². The Labute approximate surface area is 407 Å². The number of anilines is 4. The van der Waals surface area contributed by atoms with Gasteiger partial charge in [-0.05, 0) is 115 Å². The molecule has 0 saturated carbocycles. The number of aromatic nitrogens is 1. The highest BCUT2D eigenvalue weighted by Gasteiger charge is 2.40. The van der Waals surface area contributed by atoms with E-state index in [1.165, 1.54) is 52.6 Å². The van der Waals surface area contributed by atoms with E-state index in [9.17, 15) is 5.26 Å². The van der Waals surface area contributed by atoms with Gasteiger partial charge in [-0.15, -0.1) is 0 Å². The summed E-state index contributed by atoms with van der Waals surface area (Å²) in [5, 5.41) is 14.8. The monoisotopic (exact) mass is 914 g/mol. The Balaban J connectivity index is 1.15. The molecular formula is C62H50N4S2. The Hall–Kier alpha value is -7.17. The molecule has 2 unspecified atom stereocenters. The van der Waals surface area contributed by atoms with Crippen molar-refractivity contribution in [1.82, 2.24) is 4.57 Å². The van der Waals surface area contributed by atoms with Gasteiger partial charge in [0, 0.05) is 64.8 Å². The predicted molar refractivity (Wildman–Crippen MR) is 284 cm³/mol. The fourth-order valence-electron chi connectivity index (χ4n) is 11.3. The number of nitriles is 1. The number of benzene rings is 8. The summed E-state index contributed by atoms with van der Waals surface area (Å²) in [6.45, 7) is 9.48. The number of hydrogen-bond donors (Lipinski definition) is 0. The van der Waals surface area contributed by atoms with Crippen LogP contribution in [0.5, 0.6) is 0 Å². The average Bonchev–Trinajstić information content (AvgIpc) is 3.90. The first-order chi connectivity index (χ1) is 33.3. The lowest BCUT2D eigenvalue weighted by Crippen LogP contribution is -2.33. The van der Waals surface area contributed by atoms with Crippen molar-refractivity contribution in [2.75, 3.05) is 9.80 Å². The largest absolute Gasteiger partial charge is 0.331 e. The van der Waals surface area contributed by atoms with E-state index in [1.54, 1.807) is 23.5 Å². The van der Waals surface area contributed by atoms with E-state index in [-0.39, 0.29) is 17.8 Å². The van der Waals surface area contributed by atoms with Crippen LogP contribution in [-0.2, 0) is 5.54 Å². The lowest BCUT2D eigenvalue weighted by Gasteiger charge is -2.40. The summed E-state index contributed by atoms with van der Waals surface area (Å²) < 4.78 is 2.49. The highest BCUT2D eigenvalue weighted by Crippen LogP contribution is 2.55.